The Balaban J connectivity index is 1.62. The highest BCUT2D eigenvalue weighted by Gasteiger charge is 2.18. The molecule has 1 amide bonds. The fourth-order valence-electron chi connectivity index (χ4n) is 2.71. The summed E-state index contributed by atoms with van der Waals surface area (Å²) in [6.07, 6.45) is 1.59. The first-order valence-corrected chi connectivity index (χ1v) is 8.35. The highest BCUT2D eigenvalue weighted by Crippen LogP contribution is 2.16. The molecule has 6 nitrogen and oxygen atoms in total. The van der Waals surface area contributed by atoms with E-state index in [1.54, 1.807) is 24.4 Å². The Hall–Kier alpha value is -2.73. The predicted octanol–water partition coefficient (Wildman–Crippen LogP) is 1.96. The van der Waals surface area contributed by atoms with Gasteiger partial charge >= 0.3 is 0 Å². The van der Waals surface area contributed by atoms with Gasteiger partial charge in [-0.15, -0.1) is 0 Å². The lowest BCUT2D eigenvalue weighted by Gasteiger charge is -2.33. The highest BCUT2D eigenvalue weighted by molar-refractivity contribution is 6.46. The van der Waals surface area contributed by atoms with Crippen LogP contribution in [-0.4, -0.2) is 54.8 Å². The Kier molecular flexibility index (Phi) is 5.09. The second-order valence-corrected chi connectivity index (χ2v) is 6.34. The molecule has 0 atom stereocenters. The quantitative estimate of drug-likeness (QED) is 0.682. The van der Waals surface area contributed by atoms with E-state index in [1.165, 1.54) is 0 Å². The van der Waals surface area contributed by atoms with Crippen molar-refractivity contribution in [3.63, 3.8) is 0 Å². The van der Waals surface area contributed by atoms with Crippen LogP contribution in [0.15, 0.2) is 42.6 Å². The number of aryl methyl sites for hydroxylation is 1. The lowest BCUT2D eigenvalue weighted by Crippen LogP contribution is -2.44. The topological polar surface area (TPSA) is 65.5 Å². The number of nitrogens with zero attached hydrogens (tertiary/aromatic N) is 3. The van der Waals surface area contributed by atoms with E-state index < -0.39 is 11.7 Å². The number of piperazine rings is 1. The number of pyridine rings is 1. The van der Waals surface area contributed by atoms with Gasteiger partial charge in [0.25, 0.3) is 11.7 Å². The number of likely N-dealkylation sites (N-methyl/N-ethyl adjacent to an activating group) is 1. The van der Waals surface area contributed by atoms with Gasteiger partial charge in [0.05, 0.1) is 11.9 Å². The lowest BCUT2D eigenvalue weighted by atomic mass is 10.1. The monoisotopic (exact) mass is 338 g/mol. The van der Waals surface area contributed by atoms with Gasteiger partial charge in [-0.2, -0.15) is 0 Å². The molecule has 1 aliphatic heterocycles. The summed E-state index contributed by atoms with van der Waals surface area (Å²) >= 11 is 0. The predicted molar refractivity (Wildman–Crippen MR) is 98.1 cm³/mol. The molecule has 2 aromatic rings. The third-order valence-electron chi connectivity index (χ3n) is 4.35. The minimum Gasteiger partial charge on any atom is -0.354 e. The first-order valence-electron chi connectivity index (χ1n) is 8.35. The number of hydrogen-bond acceptors (Lipinski definition) is 5. The van der Waals surface area contributed by atoms with Gasteiger partial charge in [-0.3, -0.25) is 9.59 Å². The van der Waals surface area contributed by atoms with Crippen LogP contribution in [0.25, 0.3) is 0 Å². The maximum Gasteiger partial charge on any atom is 0.296 e. The molecule has 0 aliphatic carbocycles. The number of benzene rings is 1. The van der Waals surface area contributed by atoms with E-state index >= 15 is 0 Å². The number of rotatable bonds is 4. The van der Waals surface area contributed by atoms with E-state index in [4.69, 9.17) is 0 Å². The smallest absolute Gasteiger partial charge is 0.296 e. The van der Waals surface area contributed by atoms with E-state index in [1.807, 2.05) is 25.1 Å². The van der Waals surface area contributed by atoms with Crippen LogP contribution < -0.4 is 10.2 Å². The average molecular weight is 338 g/mol. The van der Waals surface area contributed by atoms with Crippen molar-refractivity contribution in [1.82, 2.24) is 9.88 Å². The van der Waals surface area contributed by atoms with Crippen molar-refractivity contribution >= 4 is 23.2 Å². The molecule has 1 aromatic heterocycles. The first kappa shape index (κ1) is 17.1. The summed E-state index contributed by atoms with van der Waals surface area (Å²) in [7, 11) is 2.11. The number of carbonyl (C=O) groups excluding carboxylic acids is 2. The summed E-state index contributed by atoms with van der Waals surface area (Å²) in [4.78, 5) is 33.2. The number of aromatic nitrogens is 1. The van der Waals surface area contributed by atoms with Crippen molar-refractivity contribution in [2.45, 2.75) is 6.92 Å². The Morgan fingerprint density at radius 2 is 1.68 bits per heavy atom. The average Bonchev–Trinajstić information content (AvgIpc) is 2.63. The molecule has 25 heavy (non-hydrogen) atoms. The van der Waals surface area contributed by atoms with Crippen molar-refractivity contribution in [3.05, 3.63) is 53.7 Å². The maximum absolute atomic E-state index is 12.2. The van der Waals surface area contributed by atoms with Crippen LogP contribution in [0.1, 0.15) is 15.9 Å². The molecule has 130 valence electrons. The molecule has 1 N–H and O–H groups in total. The SMILES string of the molecule is Cc1ccc(C(=O)C(=O)Nc2ccc(N3CCN(C)CC3)nc2)cc1. The molecule has 3 rings (SSSR count). The van der Waals surface area contributed by atoms with Gasteiger partial charge in [-0.1, -0.05) is 29.8 Å². The van der Waals surface area contributed by atoms with Crippen LogP contribution in [0.4, 0.5) is 11.5 Å². The lowest BCUT2D eigenvalue weighted by molar-refractivity contribution is -0.112. The van der Waals surface area contributed by atoms with Crippen LogP contribution in [0.5, 0.6) is 0 Å². The molecule has 1 fully saturated rings. The third-order valence-corrected chi connectivity index (χ3v) is 4.35. The zero-order valence-corrected chi connectivity index (χ0v) is 14.5. The largest absolute Gasteiger partial charge is 0.354 e. The number of anilines is 2. The molecule has 1 saturated heterocycles. The number of ketones is 1. The summed E-state index contributed by atoms with van der Waals surface area (Å²) in [5.41, 5.74) is 1.94. The molecule has 0 saturated carbocycles. The third kappa shape index (κ3) is 4.22. The number of hydrogen-bond donors (Lipinski definition) is 1. The van der Waals surface area contributed by atoms with Crippen molar-refractivity contribution in [2.24, 2.45) is 0 Å². The molecule has 6 heteroatoms. The molecule has 0 radical (unpaired) electrons. The molecule has 1 aromatic carbocycles. The van der Waals surface area contributed by atoms with Crippen LogP contribution in [-0.2, 0) is 4.79 Å². The summed E-state index contributed by atoms with van der Waals surface area (Å²) < 4.78 is 0. The number of nitrogens with one attached hydrogen (secondary N) is 1. The number of carbonyl (C=O) groups is 2. The van der Waals surface area contributed by atoms with Crippen LogP contribution in [0.2, 0.25) is 0 Å². The van der Waals surface area contributed by atoms with E-state index in [9.17, 15) is 9.59 Å². The Morgan fingerprint density at radius 1 is 1.00 bits per heavy atom. The molecule has 0 unspecified atom stereocenters. The van der Waals surface area contributed by atoms with E-state index in [-0.39, 0.29) is 0 Å². The molecule has 1 aliphatic rings. The van der Waals surface area contributed by atoms with E-state index in [2.05, 4.69) is 27.1 Å². The molecule has 0 spiro atoms. The van der Waals surface area contributed by atoms with Gasteiger partial charge in [0.1, 0.15) is 5.82 Å². The summed E-state index contributed by atoms with van der Waals surface area (Å²) in [6.45, 7) is 5.81. The molecular weight excluding hydrogens is 316 g/mol. The van der Waals surface area contributed by atoms with Crippen LogP contribution >= 0.6 is 0 Å². The minimum absolute atomic E-state index is 0.380. The zero-order chi connectivity index (χ0) is 17.8. The fraction of sp³-hybridized carbons (Fsp3) is 0.316. The summed E-state index contributed by atoms with van der Waals surface area (Å²) in [6, 6.07) is 10.6. The van der Waals surface area contributed by atoms with Gasteiger partial charge < -0.3 is 15.1 Å². The standard InChI is InChI=1S/C19H22N4O2/c1-14-3-5-15(6-4-14)18(24)19(25)21-16-7-8-17(20-13-16)23-11-9-22(2)10-12-23/h3-8,13H,9-12H2,1-2H3,(H,21,25). The maximum atomic E-state index is 12.2. The van der Waals surface area contributed by atoms with Gasteiger partial charge in [-0.25, -0.2) is 4.98 Å². The number of Topliss-reactive ketones (excluding diaryl/α,β-unsaturated/α-hetero) is 1. The van der Waals surface area contributed by atoms with Crippen molar-refractivity contribution in [2.75, 3.05) is 43.4 Å². The van der Waals surface area contributed by atoms with Crippen LogP contribution in [0.3, 0.4) is 0 Å². The minimum atomic E-state index is -0.655. The summed E-state index contributed by atoms with van der Waals surface area (Å²) in [5, 5.41) is 2.61. The first-order chi connectivity index (χ1) is 12.0. The second kappa shape index (κ2) is 7.44. The van der Waals surface area contributed by atoms with Gasteiger partial charge in [0.2, 0.25) is 0 Å². The fourth-order valence-corrected chi connectivity index (χ4v) is 2.71. The molecular formula is C19H22N4O2. The van der Waals surface area contributed by atoms with Crippen molar-refractivity contribution in [3.8, 4) is 0 Å². The molecule has 2 heterocycles. The zero-order valence-electron chi connectivity index (χ0n) is 14.5. The Morgan fingerprint density at radius 3 is 2.28 bits per heavy atom. The second-order valence-electron chi connectivity index (χ2n) is 6.34. The Labute approximate surface area is 147 Å². The molecule has 0 bridgehead atoms. The highest BCUT2D eigenvalue weighted by atomic mass is 16.2. The van der Waals surface area contributed by atoms with Crippen molar-refractivity contribution in [1.29, 1.82) is 0 Å². The number of amides is 1. The van der Waals surface area contributed by atoms with Gasteiger partial charge in [0, 0.05) is 31.7 Å². The van der Waals surface area contributed by atoms with Gasteiger partial charge in [-0.05, 0) is 26.1 Å². The van der Waals surface area contributed by atoms with E-state index in [0.29, 0.717) is 11.3 Å². The van der Waals surface area contributed by atoms with Crippen LogP contribution in [0, 0.1) is 6.92 Å². The van der Waals surface area contributed by atoms with E-state index in [0.717, 1.165) is 37.6 Å². The Bertz CT molecular complexity index is 748. The van der Waals surface area contributed by atoms with Crippen molar-refractivity contribution < 1.29 is 9.59 Å². The normalized spacial score (nSPS) is 15.0. The summed E-state index contributed by atoms with van der Waals surface area (Å²) in [5.74, 6) is -0.322. The van der Waals surface area contributed by atoms with Gasteiger partial charge in [0.15, 0.2) is 0 Å².